The minimum Gasteiger partial charge on any atom is -0.493 e. The van der Waals surface area contributed by atoms with E-state index in [2.05, 4.69) is 20.2 Å². The number of carbonyl (C=O) groups is 1. The first-order valence-corrected chi connectivity index (χ1v) is 9.59. The van der Waals surface area contributed by atoms with E-state index in [0.717, 1.165) is 16.8 Å². The van der Waals surface area contributed by atoms with Crippen LogP contribution in [0.5, 0.6) is 5.75 Å². The number of anilines is 1. The summed E-state index contributed by atoms with van der Waals surface area (Å²) in [6.45, 7) is 0.357. The molecule has 0 radical (unpaired) electrons. The SMILES string of the molecule is COc1c(F)cccc1-c1ncc2c(n1)N(Cc1ccc(-n3nccn3)cc1)C(=O)C2. The molecular weight excluding hydrogens is 399 g/mol. The van der Waals surface area contributed by atoms with Crippen LogP contribution in [0.3, 0.4) is 0 Å². The van der Waals surface area contributed by atoms with Crippen molar-refractivity contribution >= 4 is 11.7 Å². The minimum atomic E-state index is -0.496. The number of nitrogens with zero attached hydrogens (tertiary/aromatic N) is 6. The Labute approximate surface area is 176 Å². The summed E-state index contributed by atoms with van der Waals surface area (Å²) >= 11 is 0. The van der Waals surface area contributed by atoms with E-state index < -0.39 is 5.82 Å². The van der Waals surface area contributed by atoms with E-state index in [1.807, 2.05) is 24.3 Å². The highest BCUT2D eigenvalue weighted by Gasteiger charge is 2.30. The highest BCUT2D eigenvalue weighted by atomic mass is 19.1. The van der Waals surface area contributed by atoms with Gasteiger partial charge in [-0.2, -0.15) is 15.0 Å². The first-order chi connectivity index (χ1) is 15.1. The molecule has 0 atom stereocenters. The number of carbonyl (C=O) groups excluding carboxylic acids is 1. The fraction of sp³-hybridized carbons (Fsp3) is 0.136. The third-order valence-electron chi connectivity index (χ3n) is 5.08. The summed E-state index contributed by atoms with van der Waals surface area (Å²) in [5, 5.41) is 8.21. The number of amides is 1. The molecule has 4 aromatic rings. The smallest absolute Gasteiger partial charge is 0.233 e. The molecule has 31 heavy (non-hydrogen) atoms. The Morgan fingerprint density at radius 1 is 1.10 bits per heavy atom. The molecule has 2 aromatic carbocycles. The molecule has 0 fully saturated rings. The largest absolute Gasteiger partial charge is 0.493 e. The number of ether oxygens (including phenoxy) is 1. The summed E-state index contributed by atoms with van der Waals surface area (Å²) in [7, 11) is 1.40. The fourth-order valence-corrected chi connectivity index (χ4v) is 3.58. The van der Waals surface area contributed by atoms with Crippen LogP contribution in [0.2, 0.25) is 0 Å². The number of para-hydroxylation sites is 1. The summed E-state index contributed by atoms with van der Waals surface area (Å²) in [6, 6.07) is 12.2. The molecule has 0 bridgehead atoms. The number of hydrogen-bond donors (Lipinski definition) is 0. The van der Waals surface area contributed by atoms with E-state index in [4.69, 9.17) is 4.74 Å². The van der Waals surface area contributed by atoms with Gasteiger partial charge in [0.1, 0.15) is 5.82 Å². The van der Waals surface area contributed by atoms with Crippen molar-refractivity contribution in [1.82, 2.24) is 25.0 Å². The van der Waals surface area contributed by atoms with E-state index >= 15 is 0 Å². The van der Waals surface area contributed by atoms with Crippen LogP contribution in [0.4, 0.5) is 10.2 Å². The maximum Gasteiger partial charge on any atom is 0.233 e. The van der Waals surface area contributed by atoms with Gasteiger partial charge < -0.3 is 4.74 Å². The number of fused-ring (bicyclic) bond motifs is 1. The monoisotopic (exact) mass is 416 g/mol. The first kappa shape index (κ1) is 18.9. The van der Waals surface area contributed by atoms with E-state index in [9.17, 15) is 9.18 Å². The Kier molecular flexibility index (Phi) is 4.62. The van der Waals surface area contributed by atoms with Crippen LogP contribution in [-0.4, -0.2) is 38.0 Å². The quantitative estimate of drug-likeness (QED) is 0.497. The van der Waals surface area contributed by atoms with Crippen molar-refractivity contribution in [3.8, 4) is 22.8 Å². The van der Waals surface area contributed by atoms with Crippen molar-refractivity contribution < 1.29 is 13.9 Å². The first-order valence-electron chi connectivity index (χ1n) is 9.59. The summed E-state index contributed by atoms with van der Waals surface area (Å²) in [5.41, 5.74) is 2.92. The zero-order chi connectivity index (χ0) is 21.4. The van der Waals surface area contributed by atoms with Gasteiger partial charge in [-0.1, -0.05) is 18.2 Å². The van der Waals surface area contributed by atoms with Gasteiger partial charge in [0.25, 0.3) is 0 Å². The van der Waals surface area contributed by atoms with Crippen molar-refractivity contribution in [2.75, 3.05) is 12.0 Å². The van der Waals surface area contributed by atoms with Crippen LogP contribution in [0, 0.1) is 5.82 Å². The van der Waals surface area contributed by atoms with Crippen LogP contribution in [-0.2, 0) is 17.8 Å². The average Bonchev–Trinajstić information content (AvgIpc) is 3.42. The summed E-state index contributed by atoms with van der Waals surface area (Å²) in [4.78, 5) is 24.7. The van der Waals surface area contributed by atoms with Gasteiger partial charge in [-0.05, 0) is 29.8 Å². The van der Waals surface area contributed by atoms with Crippen LogP contribution < -0.4 is 9.64 Å². The Bertz CT molecular complexity index is 1260. The molecule has 154 valence electrons. The van der Waals surface area contributed by atoms with Gasteiger partial charge >= 0.3 is 0 Å². The molecule has 5 rings (SSSR count). The molecule has 0 N–H and O–H groups in total. The molecule has 0 saturated carbocycles. The third-order valence-corrected chi connectivity index (χ3v) is 5.08. The van der Waals surface area contributed by atoms with Gasteiger partial charge in [0.05, 0.1) is 43.7 Å². The third kappa shape index (κ3) is 3.39. The molecular formula is C22H17FN6O2. The molecule has 3 heterocycles. The minimum absolute atomic E-state index is 0.0644. The van der Waals surface area contributed by atoms with Crippen molar-refractivity contribution in [1.29, 1.82) is 0 Å². The highest BCUT2D eigenvalue weighted by Crippen LogP contribution is 2.34. The standard InChI is InChI=1S/C22H17FN6O2/c1-31-20-17(3-2-4-18(20)23)21-24-12-15-11-19(30)28(22(15)27-21)13-14-5-7-16(8-6-14)29-25-9-10-26-29/h2-10,12H,11,13H2,1H3. The van der Waals surface area contributed by atoms with Crippen LogP contribution in [0.25, 0.3) is 17.1 Å². The van der Waals surface area contributed by atoms with Gasteiger partial charge in [0.2, 0.25) is 5.91 Å². The van der Waals surface area contributed by atoms with E-state index in [0.29, 0.717) is 23.8 Å². The molecule has 1 aliphatic rings. The Morgan fingerprint density at radius 2 is 1.87 bits per heavy atom. The maximum atomic E-state index is 14.1. The lowest BCUT2D eigenvalue weighted by atomic mass is 10.1. The lowest BCUT2D eigenvalue weighted by Crippen LogP contribution is -2.26. The summed E-state index contributed by atoms with van der Waals surface area (Å²) in [5.74, 6) is 0.337. The normalized spacial score (nSPS) is 12.8. The number of benzene rings is 2. The van der Waals surface area contributed by atoms with Crippen LogP contribution >= 0.6 is 0 Å². The molecule has 0 saturated heterocycles. The van der Waals surface area contributed by atoms with Crippen molar-refractivity contribution in [2.45, 2.75) is 13.0 Å². The molecule has 0 aliphatic carbocycles. The molecule has 2 aromatic heterocycles. The zero-order valence-electron chi connectivity index (χ0n) is 16.6. The predicted molar refractivity (Wildman–Crippen MR) is 110 cm³/mol. The average molecular weight is 416 g/mol. The maximum absolute atomic E-state index is 14.1. The molecule has 9 heteroatoms. The summed E-state index contributed by atoms with van der Waals surface area (Å²) in [6.07, 6.45) is 5.06. The second kappa shape index (κ2) is 7.60. The number of halogens is 1. The van der Waals surface area contributed by atoms with Crippen molar-refractivity contribution in [2.24, 2.45) is 0 Å². The Balaban J connectivity index is 1.46. The highest BCUT2D eigenvalue weighted by molar-refractivity contribution is 6.00. The molecule has 1 aliphatic heterocycles. The number of methoxy groups -OCH3 is 1. The van der Waals surface area contributed by atoms with Crippen LogP contribution in [0.15, 0.2) is 61.1 Å². The lowest BCUT2D eigenvalue weighted by molar-refractivity contribution is -0.117. The van der Waals surface area contributed by atoms with Gasteiger partial charge in [0.15, 0.2) is 17.4 Å². The van der Waals surface area contributed by atoms with E-state index in [1.165, 1.54) is 18.0 Å². The second-order valence-electron chi connectivity index (χ2n) is 7.00. The zero-order valence-corrected chi connectivity index (χ0v) is 16.6. The van der Waals surface area contributed by atoms with Crippen molar-refractivity contribution in [3.05, 3.63) is 78.0 Å². The Morgan fingerprint density at radius 3 is 2.61 bits per heavy atom. The Hall–Kier alpha value is -4.14. The number of rotatable bonds is 5. The lowest BCUT2D eigenvalue weighted by Gasteiger charge is -2.17. The predicted octanol–water partition coefficient (Wildman–Crippen LogP) is 2.96. The number of aromatic nitrogens is 5. The molecule has 0 unspecified atom stereocenters. The van der Waals surface area contributed by atoms with Crippen molar-refractivity contribution in [3.63, 3.8) is 0 Å². The molecule has 8 nitrogen and oxygen atoms in total. The fourth-order valence-electron chi connectivity index (χ4n) is 3.58. The van der Waals surface area contributed by atoms with Gasteiger partial charge in [0, 0.05) is 11.8 Å². The number of hydrogen-bond acceptors (Lipinski definition) is 6. The van der Waals surface area contributed by atoms with E-state index in [1.54, 1.807) is 35.6 Å². The second-order valence-corrected chi connectivity index (χ2v) is 7.00. The summed E-state index contributed by atoms with van der Waals surface area (Å²) < 4.78 is 19.3. The molecule has 1 amide bonds. The van der Waals surface area contributed by atoms with Crippen LogP contribution in [0.1, 0.15) is 11.1 Å². The topological polar surface area (TPSA) is 86.0 Å². The van der Waals surface area contributed by atoms with Gasteiger partial charge in [-0.3, -0.25) is 9.69 Å². The molecule has 0 spiro atoms. The van der Waals surface area contributed by atoms with Gasteiger partial charge in [-0.25, -0.2) is 14.4 Å². The van der Waals surface area contributed by atoms with E-state index in [-0.39, 0.29) is 18.1 Å². The van der Waals surface area contributed by atoms with Gasteiger partial charge in [-0.15, -0.1) is 0 Å².